The van der Waals surface area contributed by atoms with Gasteiger partial charge in [0.25, 0.3) is 10.0 Å². The van der Waals surface area contributed by atoms with Crippen molar-refractivity contribution < 1.29 is 17.9 Å². The first kappa shape index (κ1) is 14.4. The standard InChI is InChI=1S/C13H13FN2O3S/c1-9-2-4-11(14)6-12(9)16-20(18,19)13-5-3-10(8-17)7-15-13/h2-7,16-17H,8H2,1H3. The molecule has 0 unspecified atom stereocenters. The fraction of sp³-hybridized carbons (Fsp3) is 0.154. The molecule has 106 valence electrons. The number of hydrogen-bond donors (Lipinski definition) is 2. The van der Waals surface area contributed by atoms with Gasteiger partial charge in [0, 0.05) is 6.20 Å². The lowest BCUT2D eigenvalue weighted by Gasteiger charge is -2.10. The van der Waals surface area contributed by atoms with Crippen molar-refractivity contribution in [1.82, 2.24) is 4.98 Å². The number of aromatic nitrogens is 1. The summed E-state index contributed by atoms with van der Waals surface area (Å²) >= 11 is 0. The fourth-order valence-corrected chi connectivity index (χ4v) is 2.62. The van der Waals surface area contributed by atoms with Crippen molar-refractivity contribution >= 4 is 15.7 Å². The predicted molar refractivity (Wildman–Crippen MR) is 72.1 cm³/mol. The Morgan fingerprint density at radius 3 is 2.65 bits per heavy atom. The van der Waals surface area contributed by atoms with Crippen LogP contribution in [-0.2, 0) is 16.6 Å². The van der Waals surface area contributed by atoms with E-state index >= 15 is 0 Å². The van der Waals surface area contributed by atoms with Crippen molar-refractivity contribution in [3.05, 3.63) is 53.5 Å². The summed E-state index contributed by atoms with van der Waals surface area (Å²) in [6.45, 7) is 1.45. The Hall–Kier alpha value is -1.99. The third kappa shape index (κ3) is 3.12. The van der Waals surface area contributed by atoms with E-state index in [0.29, 0.717) is 11.1 Å². The number of aliphatic hydroxyl groups is 1. The van der Waals surface area contributed by atoms with Gasteiger partial charge in [-0.15, -0.1) is 0 Å². The molecule has 1 aromatic carbocycles. The summed E-state index contributed by atoms with van der Waals surface area (Å²) in [6, 6.07) is 6.58. The van der Waals surface area contributed by atoms with Gasteiger partial charge in [-0.3, -0.25) is 4.72 Å². The lowest BCUT2D eigenvalue weighted by atomic mass is 10.2. The number of sulfonamides is 1. The average Bonchev–Trinajstić information content (AvgIpc) is 2.43. The van der Waals surface area contributed by atoms with Crippen LogP contribution in [-0.4, -0.2) is 18.5 Å². The minimum Gasteiger partial charge on any atom is -0.392 e. The minimum absolute atomic E-state index is 0.165. The van der Waals surface area contributed by atoms with Gasteiger partial charge < -0.3 is 5.11 Å². The Labute approximate surface area is 116 Å². The van der Waals surface area contributed by atoms with E-state index in [0.717, 1.165) is 6.07 Å². The zero-order valence-corrected chi connectivity index (χ0v) is 11.5. The van der Waals surface area contributed by atoms with Gasteiger partial charge in [-0.05, 0) is 36.2 Å². The highest BCUT2D eigenvalue weighted by atomic mass is 32.2. The molecule has 0 fully saturated rings. The third-order valence-corrected chi connectivity index (χ3v) is 3.98. The number of benzene rings is 1. The molecule has 0 aliphatic rings. The van der Waals surface area contributed by atoms with E-state index in [4.69, 9.17) is 5.11 Å². The maximum absolute atomic E-state index is 13.1. The summed E-state index contributed by atoms with van der Waals surface area (Å²) < 4.78 is 39.6. The first-order valence-corrected chi connectivity index (χ1v) is 7.25. The van der Waals surface area contributed by atoms with Gasteiger partial charge in [0.15, 0.2) is 5.03 Å². The molecular formula is C13H13FN2O3S. The monoisotopic (exact) mass is 296 g/mol. The van der Waals surface area contributed by atoms with Crippen LogP contribution in [0.25, 0.3) is 0 Å². The number of aryl methyl sites for hydroxylation is 1. The second-order valence-corrected chi connectivity index (χ2v) is 5.86. The second-order valence-electron chi connectivity index (χ2n) is 4.23. The van der Waals surface area contributed by atoms with Crippen molar-refractivity contribution in [2.45, 2.75) is 18.6 Å². The predicted octanol–water partition coefficient (Wildman–Crippen LogP) is 1.82. The minimum atomic E-state index is -3.89. The lowest BCUT2D eigenvalue weighted by Crippen LogP contribution is -2.15. The molecule has 2 N–H and O–H groups in total. The van der Waals surface area contributed by atoms with Crippen LogP contribution in [0.5, 0.6) is 0 Å². The molecule has 5 nitrogen and oxygen atoms in total. The topological polar surface area (TPSA) is 79.3 Å². The Morgan fingerprint density at radius 2 is 2.05 bits per heavy atom. The molecule has 2 aromatic rings. The summed E-state index contributed by atoms with van der Waals surface area (Å²) in [6.07, 6.45) is 1.27. The molecule has 7 heteroatoms. The molecule has 0 saturated carbocycles. The van der Waals surface area contributed by atoms with Gasteiger partial charge in [0.1, 0.15) is 5.82 Å². The van der Waals surface area contributed by atoms with Gasteiger partial charge >= 0.3 is 0 Å². The number of hydrogen-bond acceptors (Lipinski definition) is 4. The molecule has 0 atom stereocenters. The summed E-state index contributed by atoms with van der Waals surface area (Å²) in [5.74, 6) is -0.531. The van der Waals surface area contributed by atoms with E-state index in [1.807, 2.05) is 0 Å². The number of aliphatic hydroxyl groups excluding tert-OH is 1. The van der Waals surface area contributed by atoms with Crippen LogP contribution < -0.4 is 4.72 Å². The smallest absolute Gasteiger partial charge is 0.279 e. The van der Waals surface area contributed by atoms with Gasteiger partial charge in [-0.2, -0.15) is 8.42 Å². The number of halogens is 1. The molecule has 1 aromatic heterocycles. The number of anilines is 1. The molecule has 0 spiro atoms. The van der Waals surface area contributed by atoms with Crippen molar-refractivity contribution in [1.29, 1.82) is 0 Å². The lowest BCUT2D eigenvalue weighted by molar-refractivity contribution is 0.281. The van der Waals surface area contributed by atoms with Gasteiger partial charge in [-0.25, -0.2) is 9.37 Å². The van der Waals surface area contributed by atoms with E-state index in [2.05, 4.69) is 9.71 Å². The first-order chi connectivity index (χ1) is 9.42. The average molecular weight is 296 g/mol. The molecule has 0 radical (unpaired) electrons. The Morgan fingerprint density at radius 1 is 1.30 bits per heavy atom. The van der Waals surface area contributed by atoms with Crippen molar-refractivity contribution in [3.8, 4) is 0 Å². The number of nitrogens with one attached hydrogen (secondary N) is 1. The zero-order valence-electron chi connectivity index (χ0n) is 10.7. The maximum Gasteiger partial charge on any atom is 0.279 e. The van der Waals surface area contributed by atoms with Crippen molar-refractivity contribution in [2.75, 3.05) is 4.72 Å². The van der Waals surface area contributed by atoms with Crippen LogP contribution in [0.2, 0.25) is 0 Å². The fourth-order valence-electron chi connectivity index (χ4n) is 1.56. The number of pyridine rings is 1. The molecule has 2 rings (SSSR count). The van der Waals surface area contributed by atoms with Crippen LogP contribution in [0.1, 0.15) is 11.1 Å². The molecule has 1 heterocycles. The quantitative estimate of drug-likeness (QED) is 0.902. The van der Waals surface area contributed by atoms with E-state index in [-0.39, 0.29) is 17.3 Å². The van der Waals surface area contributed by atoms with E-state index < -0.39 is 15.8 Å². The normalized spacial score (nSPS) is 11.3. The number of nitrogens with zero attached hydrogens (tertiary/aromatic N) is 1. The molecule has 0 amide bonds. The van der Waals surface area contributed by atoms with Gasteiger partial charge in [0.2, 0.25) is 0 Å². The zero-order chi connectivity index (χ0) is 14.8. The highest BCUT2D eigenvalue weighted by Gasteiger charge is 2.17. The Bertz CT molecular complexity index is 715. The van der Waals surface area contributed by atoms with Crippen LogP contribution >= 0.6 is 0 Å². The van der Waals surface area contributed by atoms with E-state index in [1.54, 1.807) is 6.92 Å². The molecular weight excluding hydrogens is 283 g/mol. The molecule has 0 saturated heterocycles. The van der Waals surface area contributed by atoms with Crippen molar-refractivity contribution in [3.63, 3.8) is 0 Å². The largest absolute Gasteiger partial charge is 0.392 e. The van der Waals surface area contributed by atoms with Gasteiger partial charge in [-0.1, -0.05) is 12.1 Å². The third-order valence-electron chi connectivity index (χ3n) is 2.70. The second kappa shape index (κ2) is 5.56. The Kier molecular flexibility index (Phi) is 4.01. The van der Waals surface area contributed by atoms with Crippen LogP contribution in [0.4, 0.5) is 10.1 Å². The van der Waals surface area contributed by atoms with Crippen LogP contribution in [0, 0.1) is 12.7 Å². The molecule has 0 aliphatic carbocycles. The number of rotatable bonds is 4. The highest BCUT2D eigenvalue weighted by Crippen LogP contribution is 2.20. The van der Waals surface area contributed by atoms with Gasteiger partial charge in [0.05, 0.1) is 12.3 Å². The summed E-state index contributed by atoms with van der Waals surface area (Å²) in [7, 11) is -3.89. The summed E-state index contributed by atoms with van der Waals surface area (Å²) in [5.41, 5.74) is 1.27. The van der Waals surface area contributed by atoms with Crippen molar-refractivity contribution in [2.24, 2.45) is 0 Å². The molecule has 0 aliphatic heterocycles. The molecule has 20 heavy (non-hydrogen) atoms. The van der Waals surface area contributed by atoms with E-state index in [9.17, 15) is 12.8 Å². The Balaban J connectivity index is 2.32. The van der Waals surface area contributed by atoms with Crippen LogP contribution in [0.15, 0.2) is 41.6 Å². The highest BCUT2D eigenvalue weighted by molar-refractivity contribution is 7.92. The maximum atomic E-state index is 13.1. The molecule has 0 bridgehead atoms. The summed E-state index contributed by atoms with van der Waals surface area (Å²) in [5, 5.41) is 8.69. The van der Waals surface area contributed by atoms with Crippen LogP contribution in [0.3, 0.4) is 0 Å². The van der Waals surface area contributed by atoms with E-state index in [1.165, 1.54) is 30.5 Å². The summed E-state index contributed by atoms with van der Waals surface area (Å²) in [4.78, 5) is 3.77. The SMILES string of the molecule is Cc1ccc(F)cc1NS(=O)(=O)c1ccc(CO)cn1. The first-order valence-electron chi connectivity index (χ1n) is 5.77.